The highest BCUT2D eigenvalue weighted by atomic mass is 35.5. The second-order valence-corrected chi connectivity index (χ2v) is 6.00. The van der Waals surface area contributed by atoms with E-state index in [4.69, 9.17) is 11.6 Å². The zero-order chi connectivity index (χ0) is 18.5. The number of carbonyl (C=O) groups is 1. The van der Waals surface area contributed by atoms with Crippen LogP contribution in [0.25, 0.3) is 11.3 Å². The Kier molecular flexibility index (Phi) is 5.43. The molecule has 0 aliphatic rings. The summed E-state index contributed by atoms with van der Waals surface area (Å²) in [4.78, 5) is 28.3. The van der Waals surface area contributed by atoms with E-state index in [1.165, 1.54) is 24.5 Å². The lowest BCUT2D eigenvalue weighted by Gasteiger charge is -2.09. The Morgan fingerprint density at radius 2 is 1.88 bits per heavy atom. The molecule has 1 aromatic heterocycles. The summed E-state index contributed by atoms with van der Waals surface area (Å²) in [5.41, 5.74) is 0.801. The topological polar surface area (TPSA) is 64.0 Å². The number of halogens is 2. The number of aromatic nitrogens is 2. The molecule has 0 unspecified atom stereocenters. The van der Waals surface area contributed by atoms with Crippen LogP contribution in [0.4, 0.5) is 4.39 Å². The second-order valence-electron chi connectivity index (χ2n) is 5.59. The number of carbonyl (C=O) groups excluding carboxylic acids is 1. The number of benzene rings is 2. The third-order valence-electron chi connectivity index (χ3n) is 3.78. The molecule has 1 amide bonds. The Balaban J connectivity index is 1.69. The molecule has 0 radical (unpaired) electrons. The van der Waals surface area contributed by atoms with Gasteiger partial charge in [0.25, 0.3) is 5.56 Å². The molecule has 0 saturated heterocycles. The van der Waals surface area contributed by atoms with Crippen LogP contribution in [0.2, 0.25) is 5.02 Å². The predicted molar refractivity (Wildman–Crippen MR) is 97.2 cm³/mol. The van der Waals surface area contributed by atoms with Crippen molar-refractivity contribution in [2.75, 3.05) is 0 Å². The summed E-state index contributed by atoms with van der Waals surface area (Å²) in [5.74, 6) is -0.818. The summed E-state index contributed by atoms with van der Waals surface area (Å²) in [5, 5.41) is 3.26. The number of nitrogens with zero attached hydrogens (tertiary/aromatic N) is 2. The molecule has 0 aliphatic heterocycles. The van der Waals surface area contributed by atoms with Crippen molar-refractivity contribution in [2.45, 2.75) is 13.1 Å². The lowest BCUT2D eigenvalue weighted by atomic mass is 10.1. The fourth-order valence-corrected chi connectivity index (χ4v) is 2.61. The van der Waals surface area contributed by atoms with Crippen LogP contribution in [0.5, 0.6) is 0 Å². The average Bonchev–Trinajstić information content (AvgIpc) is 2.63. The van der Waals surface area contributed by atoms with Gasteiger partial charge in [-0.1, -0.05) is 41.9 Å². The van der Waals surface area contributed by atoms with Crippen LogP contribution in [0.1, 0.15) is 5.56 Å². The van der Waals surface area contributed by atoms with E-state index in [1.807, 2.05) is 6.07 Å². The van der Waals surface area contributed by atoms with Crippen molar-refractivity contribution in [3.63, 3.8) is 0 Å². The molecular formula is C19H15ClFN3O2. The zero-order valence-corrected chi connectivity index (χ0v) is 14.4. The third kappa shape index (κ3) is 4.15. The Labute approximate surface area is 154 Å². The standard InChI is InChI=1S/C19H15ClFN3O2/c20-15-7-3-1-5-13(15)10-22-18(25)11-24-12-23-17(9-19(24)26)14-6-2-4-8-16(14)21/h1-9,12H,10-11H2,(H,22,25). The van der Waals surface area contributed by atoms with Crippen LogP contribution in [0.3, 0.4) is 0 Å². The first-order valence-corrected chi connectivity index (χ1v) is 8.24. The van der Waals surface area contributed by atoms with Crippen molar-refractivity contribution in [3.05, 3.63) is 87.7 Å². The maximum Gasteiger partial charge on any atom is 0.254 e. The van der Waals surface area contributed by atoms with E-state index in [9.17, 15) is 14.0 Å². The summed E-state index contributed by atoms with van der Waals surface area (Å²) >= 11 is 6.03. The molecule has 132 valence electrons. The molecule has 3 aromatic rings. The molecule has 1 heterocycles. The van der Waals surface area contributed by atoms with Crippen LogP contribution in [0.15, 0.2) is 65.7 Å². The van der Waals surface area contributed by atoms with Crippen molar-refractivity contribution >= 4 is 17.5 Å². The minimum Gasteiger partial charge on any atom is -0.350 e. The minimum atomic E-state index is -0.463. The summed E-state index contributed by atoms with van der Waals surface area (Å²) < 4.78 is 14.9. The molecule has 0 bridgehead atoms. The first-order valence-electron chi connectivity index (χ1n) is 7.86. The van der Waals surface area contributed by atoms with E-state index in [-0.39, 0.29) is 30.3 Å². The fraction of sp³-hybridized carbons (Fsp3) is 0.105. The Morgan fingerprint density at radius 3 is 2.62 bits per heavy atom. The molecule has 0 fully saturated rings. The summed E-state index contributed by atoms with van der Waals surface area (Å²) in [6.45, 7) is 0.0713. The van der Waals surface area contributed by atoms with Gasteiger partial charge >= 0.3 is 0 Å². The van der Waals surface area contributed by atoms with E-state index in [0.717, 1.165) is 10.1 Å². The number of rotatable bonds is 5. The number of hydrogen-bond acceptors (Lipinski definition) is 3. The highest BCUT2D eigenvalue weighted by Crippen LogP contribution is 2.18. The Morgan fingerprint density at radius 1 is 1.15 bits per heavy atom. The van der Waals surface area contributed by atoms with Gasteiger partial charge in [-0.05, 0) is 23.8 Å². The quantitative estimate of drug-likeness (QED) is 0.749. The molecule has 26 heavy (non-hydrogen) atoms. The van der Waals surface area contributed by atoms with E-state index in [0.29, 0.717) is 5.02 Å². The van der Waals surface area contributed by atoms with E-state index >= 15 is 0 Å². The van der Waals surface area contributed by atoms with Crippen molar-refractivity contribution in [1.82, 2.24) is 14.9 Å². The van der Waals surface area contributed by atoms with Gasteiger partial charge in [0.1, 0.15) is 12.4 Å². The number of nitrogens with one attached hydrogen (secondary N) is 1. The van der Waals surface area contributed by atoms with Crippen LogP contribution >= 0.6 is 11.6 Å². The van der Waals surface area contributed by atoms with Crippen molar-refractivity contribution in [3.8, 4) is 11.3 Å². The molecule has 2 aromatic carbocycles. The molecular weight excluding hydrogens is 357 g/mol. The van der Waals surface area contributed by atoms with E-state index in [2.05, 4.69) is 10.3 Å². The maximum atomic E-state index is 13.8. The molecule has 0 aliphatic carbocycles. The number of amides is 1. The largest absolute Gasteiger partial charge is 0.350 e. The zero-order valence-electron chi connectivity index (χ0n) is 13.7. The highest BCUT2D eigenvalue weighted by Gasteiger charge is 2.10. The van der Waals surface area contributed by atoms with Crippen LogP contribution in [0, 0.1) is 5.82 Å². The minimum absolute atomic E-state index is 0.187. The lowest BCUT2D eigenvalue weighted by molar-refractivity contribution is -0.121. The highest BCUT2D eigenvalue weighted by molar-refractivity contribution is 6.31. The van der Waals surface area contributed by atoms with Crippen molar-refractivity contribution < 1.29 is 9.18 Å². The molecule has 7 heteroatoms. The van der Waals surface area contributed by atoms with Gasteiger partial charge in [-0.3, -0.25) is 14.2 Å². The van der Waals surface area contributed by atoms with Crippen LogP contribution < -0.4 is 10.9 Å². The van der Waals surface area contributed by atoms with Gasteiger partial charge in [0, 0.05) is 23.2 Å². The van der Waals surface area contributed by atoms with E-state index in [1.54, 1.807) is 30.3 Å². The fourth-order valence-electron chi connectivity index (χ4n) is 2.41. The summed E-state index contributed by atoms with van der Waals surface area (Å²) in [6, 6.07) is 14.4. The smallest absolute Gasteiger partial charge is 0.254 e. The second kappa shape index (κ2) is 7.93. The molecule has 0 atom stereocenters. The van der Waals surface area contributed by atoms with Crippen molar-refractivity contribution in [1.29, 1.82) is 0 Å². The molecule has 3 rings (SSSR count). The first-order chi connectivity index (χ1) is 12.5. The van der Waals surface area contributed by atoms with Gasteiger partial charge < -0.3 is 5.32 Å². The SMILES string of the molecule is O=C(Cn1cnc(-c2ccccc2F)cc1=O)NCc1ccccc1Cl. The van der Waals surface area contributed by atoms with Gasteiger partial charge in [0.2, 0.25) is 5.91 Å². The van der Waals surface area contributed by atoms with Gasteiger partial charge in [-0.15, -0.1) is 0 Å². The Bertz CT molecular complexity index is 1000. The third-order valence-corrected chi connectivity index (χ3v) is 4.15. The monoisotopic (exact) mass is 371 g/mol. The first kappa shape index (κ1) is 17.8. The van der Waals surface area contributed by atoms with Gasteiger partial charge in [-0.2, -0.15) is 0 Å². The summed E-state index contributed by atoms with van der Waals surface area (Å²) in [7, 11) is 0. The lowest BCUT2D eigenvalue weighted by Crippen LogP contribution is -2.32. The van der Waals surface area contributed by atoms with Gasteiger partial charge in [0.05, 0.1) is 12.0 Å². The average molecular weight is 372 g/mol. The summed E-state index contributed by atoms with van der Waals surface area (Å²) in [6.07, 6.45) is 1.24. The molecule has 5 nitrogen and oxygen atoms in total. The normalized spacial score (nSPS) is 10.5. The molecule has 0 spiro atoms. The maximum absolute atomic E-state index is 13.8. The van der Waals surface area contributed by atoms with Crippen LogP contribution in [-0.2, 0) is 17.9 Å². The Hall–Kier alpha value is -2.99. The van der Waals surface area contributed by atoms with Gasteiger partial charge in [-0.25, -0.2) is 9.37 Å². The number of hydrogen-bond donors (Lipinski definition) is 1. The predicted octanol–water partition coefficient (Wildman–Crippen LogP) is 3.02. The van der Waals surface area contributed by atoms with Crippen molar-refractivity contribution in [2.24, 2.45) is 0 Å². The molecule has 1 N–H and O–H groups in total. The molecule has 0 saturated carbocycles. The van der Waals surface area contributed by atoms with Crippen LogP contribution in [-0.4, -0.2) is 15.5 Å². The van der Waals surface area contributed by atoms with Gasteiger partial charge in [0.15, 0.2) is 0 Å². The van der Waals surface area contributed by atoms with E-state index < -0.39 is 11.4 Å².